The van der Waals surface area contributed by atoms with Crippen LogP contribution >= 0.6 is 0 Å². The molecule has 1 aliphatic rings. The molecule has 0 radical (unpaired) electrons. The van der Waals surface area contributed by atoms with Gasteiger partial charge in [0.15, 0.2) is 11.6 Å². The maximum atomic E-state index is 15.2. The summed E-state index contributed by atoms with van der Waals surface area (Å²) in [7, 11) is 0. The average molecular weight is 643 g/mol. The number of fused-ring (bicyclic) bond motifs is 1. The number of hydrogen-bond acceptors (Lipinski definition) is 2. The van der Waals surface area contributed by atoms with Crippen LogP contribution in [0.2, 0.25) is 0 Å². The van der Waals surface area contributed by atoms with Crippen LogP contribution in [-0.2, 0) is 19.0 Å². The van der Waals surface area contributed by atoms with Crippen molar-refractivity contribution in [2.75, 3.05) is 0 Å². The number of rotatable bonds is 9. The first-order valence-electron chi connectivity index (χ1n) is 13.9. The van der Waals surface area contributed by atoms with Crippen molar-refractivity contribution in [1.82, 2.24) is 0 Å². The van der Waals surface area contributed by atoms with Crippen LogP contribution in [0.15, 0.2) is 60.7 Å². The standard InChI is InChI=1S/C33H24F10O2/c1-2-3-4-17-9-18-5-6-19(11-21(18)10-17)20-7-8-24(25(34)12-20)22-13-26(35)30(27(36)14-22)32(39,40)44-23-15-28(37)31(29(38)16-23)45-33(41,42)43/h5-8,11-17H,2-4,9-10H2,1H3. The number of unbranched alkanes of at least 4 members (excludes halogenated alkanes) is 1. The minimum absolute atomic E-state index is 0.0784. The summed E-state index contributed by atoms with van der Waals surface area (Å²) >= 11 is 0. The van der Waals surface area contributed by atoms with Gasteiger partial charge in [-0.1, -0.05) is 50.1 Å². The third-order valence-electron chi connectivity index (χ3n) is 7.57. The molecule has 0 heterocycles. The minimum Gasteiger partial charge on any atom is -0.429 e. The van der Waals surface area contributed by atoms with Gasteiger partial charge in [-0.05, 0) is 71.2 Å². The first kappa shape index (κ1) is 32.2. The molecule has 0 saturated heterocycles. The van der Waals surface area contributed by atoms with Crippen LogP contribution < -0.4 is 9.47 Å². The predicted octanol–water partition coefficient (Wildman–Crippen LogP) is 10.6. The summed E-state index contributed by atoms with van der Waals surface area (Å²) in [5.74, 6) is -11.6. The Morgan fingerprint density at radius 2 is 1.22 bits per heavy atom. The van der Waals surface area contributed by atoms with Crippen molar-refractivity contribution in [1.29, 1.82) is 0 Å². The zero-order valence-electron chi connectivity index (χ0n) is 23.5. The van der Waals surface area contributed by atoms with Gasteiger partial charge in [0.05, 0.1) is 0 Å². The zero-order chi connectivity index (χ0) is 32.7. The Morgan fingerprint density at radius 3 is 1.82 bits per heavy atom. The van der Waals surface area contributed by atoms with Gasteiger partial charge in [-0.25, -0.2) is 22.0 Å². The van der Waals surface area contributed by atoms with Gasteiger partial charge in [-0.15, -0.1) is 13.2 Å². The molecule has 1 aliphatic carbocycles. The number of halogens is 10. The van der Waals surface area contributed by atoms with Gasteiger partial charge in [0.2, 0.25) is 5.75 Å². The Kier molecular flexibility index (Phi) is 8.79. The van der Waals surface area contributed by atoms with E-state index in [-0.39, 0.29) is 17.7 Å². The van der Waals surface area contributed by atoms with E-state index in [0.29, 0.717) is 23.6 Å². The monoisotopic (exact) mass is 642 g/mol. The van der Waals surface area contributed by atoms with E-state index in [0.717, 1.165) is 43.7 Å². The normalized spacial score (nSPS) is 14.9. The van der Waals surface area contributed by atoms with E-state index in [1.54, 1.807) is 0 Å². The van der Waals surface area contributed by atoms with Crippen LogP contribution in [0.1, 0.15) is 42.9 Å². The Balaban J connectivity index is 1.37. The van der Waals surface area contributed by atoms with Crippen molar-refractivity contribution in [2.45, 2.75) is 51.5 Å². The summed E-state index contributed by atoms with van der Waals surface area (Å²) in [6.07, 6.45) is -5.12. The van der Waals surface area contributed by atoms with Gasteiger partial charge in [-0.2, -0.15) is 8.78 Å². The summed E-state index contributed by atoms with van der Waals surface area (Å²) in [6.45, 7) is 2.14. The smallest absolute Gasteiger partial charge is 0.429 e. The van der Waals surface area contributed by atoms with E-state index in [9.17, 15) is 39.5 Å². The Bertz CT molecular complexity index is 1690. The van der Waals surface area contributed by atoms with Gasteiger partial charge in [0.25, 0.3) is 0 Å². The average Bonchev–Trinajstić information content (AvgIpc) is 3.34. The van der Waals surface area contributed by atoms with Gasteiger partial charge in [0, 0.05) is 17.7 Å². The number of alkyl halides is 5. The summed E-state index contributed by atoms with van der Waals surface area (Å²) in [4.78, 5) is 0. The molecule has 4 aromatic carbocycles. The molecule has 1 atom stereocenters. The lowest BCUT2D eigenvalue weighted by molar-refractivity contribution is -0.276. The van der Waals surface area contributed by atoms with E-state index >= 15 is 4.39 Å². The van der Waals surface area contributed by atoms with Crippen molar-refractivity contribution >= 4 is 0 Å². The third kappa shape index (κ3) is 7.04. The third-order valence-corrected chi connectivity index (χ3v) is 7.57. The molecular weight excluding hydrogens is 618 g/mol. The first-order valence-corrected chi connectivity index (χ1v) is 13.9. The SMILES string of the molecule is CCCCC1Cc2ccc(-c3ccc(-c4cc(F)c(C(F)(F)Oc5cc(F)c(OC(F)(F)F)c(F)c5)c(F)c4)c(F)c3)cc2C1. The maximum absolute atomic E-state index is 15.2. The number of benzene rings is 4. The summed E-state index contributed by atoms with van der Waals surface area (Å²) in [5, 5.41) is 0. The van der Waals surface area contributed by atoms with Gasteiger partial charge in [0.1, 0.15) is 28.8 Å². The number of ether oxygens (including phenoxy) is 2. The quantitative estimate of drug-likeness (QED) is 0.169. The molecule has 0 amide bonds. The van der Waals surface area contributed by atoms with Crippen LogP contribution in [0.25, 0.3) is 22.3 Å². The Labute approximate surface area is 251 Å². The second-order valence-corrected chi connectivity index (χ2v) is 10.8. The van der Waals surface area contributed by atoms with Gasteiger partial charge in [-0.3, -0.25) is 0 Å². The first-order chi connectivity index (χ1) is 21.1. The minimum atomic E-state index is -5.50. The second-order valence-electron chi connectivity index (χ2n) is 10.8. The second kappa shape index (κ2) is 12.3. The fourth-order valence-electron chi connectivity index (χ4n) is 5.53. The van der Waals surface area contributed by atoms with E-state index in [1.165, 1.54) is 23.3 Å². The topological polar surface area (TPSA) is 18.5 Å². The molecule has 12 heteroatoms. The fraction of sp³-hybridized carbons (Fsp3) is 0.273. The highest BCUT2D eigenvalue weighted by molar-refractivity contribution is 5.72. The van der Waals surface area contributed by atoms with Crippen molar-refractivity contribution in [3.05, 3.63) is 106 Å². The molecule has 0 aromatic heterocycles. The van der Waals surface area contributed by atoms with Gasteiger partial charge >= 0.3 is 12.5 Å². The molecule has 5 rings (SSSR count). The summed E-state index contributed by atoms with van der Waals surface area (Å²) in [6, 6.07) is 10.5. The summed E-state index contributed by atoms with van der Waals surface area (Å²) in [5.41, 5.74) is 0.966. The van der Waals surface area contributed by atoms with Crippen molar-refractivity contribution in [2.24, 2.45) is 5.92 Å². The molecule has 0 N–H and O–H groups in total. The molecule has 1 unspecified atom stereocenters. The van der Waals surface area contributed by atoms with E-state index in [1.807, 2.05) is 18.2 Å². The van der Waals surface area contributed by atoms with E-state index in [4.69, 9.17) is 0 Å². The van der Waals surface area contributed by atoms with E-state index < -0.39 is 64.2 Å². The molecule has 0 spiro atoms. The zero-order valence-corrected chi connectivity index (χ0v) is 23.5. The molecule has 0 bridgehead atoms. The highest BCUT2D eigenvalue weighted by atomic mass is 19.4. The van der Waals surface area contributed by atoms with Crippen molar-refractivity contribution in [3.8, 4) is 33.8 Å². The molecule has 0 fully saturated rings. The molecule has 0 aliphatic heterocycles. The lowest BCUT2D eigenvalue weighted by Crippen LogP contribution is -2.25. The van der Waals surface area contributed by atoms with Crippen LogP contribution in [-0.4, -0.2) is 6.36 Å². The fourth-order valence-corrected chi connectivity index (χ4v) is 5.53. The Morgan fingerprint density at radius 1 is 0.644 bits per heavy atom. The molecule has 4 aromatic rings. The van der Waals surface area contributed by atoms with Gasteiger partial charge < -0.3 is 9.47 Å². The van der Waals surface area contributed by atoms with Crippen LogP contribution in [0.3, 0.4) is 0 Å². The number of hydrogen-bond donors (Lipinski definition) is 0. The molecule has 2 nitrogen and oxygen atoms in total. The Hall–Kier alpha value is -4.22. The predicted molar refractivity (Wildman–Crippen MR) is 145 cm³/mol. The molecule has 238 valence electrons. The van der Waals surface area contributed by atoms with Crippen LogP contribution in [0.4, 0.5) is 43.9 Å². The highest BCUT2D eigenvalue weighted by Crippen LogP contribution is 2.40. The van der Waals surface area contributed by atoms with Crippen LogP contribution in [0, 0.1) is 35.0 Å². The van der Waals surface area contributed by atoms with Crippen LogP contribution in [0.5, 0.6) is 11.5 Å². The highest BCUT2D eigenvalue weighted by Gasteiger charge is 2.42. The lowest BCUT2D eigenvalue weighted by atomic mass is 9.96. The van der Waals surface area contributed by atoms with E-state index in [2.05, 4.69) is 16.4 Å². The largest absolute Gasteiger partial charge is 0.573 e. The molecule has 0 saturated carbocycles. The summed E-state index contributed by atoms with van der Waals surface area (Å²) < 4.78 is 147. The van der Waals surface area contributed by atoms with Crippen molar-refractivity contribution < 1.29 is 53.4 Å². The molecular formula is C33H24F10O2. The lowest BCUT2D eigenvalue weighted by Gasteiger charge is -2.21. The molecule has 45 heavy (non-hydrogen) atoms. The maximum Gasteiger partial charge on any atom is 0.573 e. The van der Waals surface area contributed by atoms with Crippen molar-refractivity contribution in [3.63, 3.8) is 0 Å².